The molecule has 3 heteroatoms. The lowest BCUT2D eigenvalue weighted by Crippen LogP contribution is -2.23. The summed E-state index contributed by atoms with van der Waals surface area (Å²) >= 11 is 0. The average Bonchev–Trinajstić information content (AvgIpc) is 2.65. The fourth-order valence-corrected chi connectivity index (χ4v) is 0.866. The Labute approximate surface area is 77.4 Å². The van der Waals surface area contributed by atoms with Gasteiger partial charge in [-0.1, -0.05) is 13.5 Å². The molecule has 0 fully saturated rings. The van der Waals surface area contributed by atoms with E-state index in [1.165, 1.54) is 0 Å². The van der Waals surface area contributed by atoms with Crippen molar-refractivity contribution in [1.82, 2.24) is 5.32 Å². The second kappa shape index (κ2) is 4.50. The van der Waals surface area contributed by atoms with E-state index in [0.29, 0.717) is 18.5 Å². The van der Waals surface area contributed by atoms with Gasteiger partial charge in [-0.05, 0) is 18.6 Å². The topological polar surface area (TPSA) is 42.2 Å². The zero-order valence-corrected chi connectivity index (χ0v) is 7.67. The van der Waals surface area contributed by atoms with Gasteiger partial charge in [0.15, 0.2) is 0 Å². The first-order valence-corrected chi connectivity index (χ1v) is 4.22. The number of carbonyl (C=O) groups excluding carboxylic acids is 1. The van der Waals surface area contributed by atoms with E-state index in [1.54, 1.807) is 12.3 Å². The van der Waals surface area contributed by atoms with Gasteiger partial charge in [0, 0.05) is 5.57 Å². The van der Waals surface area contributed by atoms with Crippen LogP contribution in [0.4, 0.5) is 0 Å². The maximum absolute atomic E-state index is 11.2. The molecule has 0 aliphatic carbocycles. The highest BCUT2D eigenvalue weighted by molar-refractivity contribution is 5.92. The van der Waals surface area contributed by atoms with Crippen LogP contribution >= 0.6 is 0 Å². The van der Waals surface area contributed by atoms with Crippen LogP contribution in [0.3, 0.4) is 0 Å². The van der Waals surface area contributed by atoms with E-state index in [1.807, 2.05) is 13.0 Å². The second-order valence-electron chi connectivity index (χ2n) is 2.72. The molecule has 1 rings (SSSR count). The van der Waals surface area contributed by atoms with E-state index in [-0.39, 0.29) is 5.91 Å². The molecular formula is C10H13NO2. The third kappa shape index (κ3) is 2.78. The summed E-state index contributed by atoms with van der Waals surface area (Å²) < 4.78 is 5.05. The summed E-state index contributed by atoms with van der Waals surface area (Å²) in [5.41, 5.74) is 0.589. The van der Waals surface area contributed by atoms with Crippen LogP contribution in [-0.4, -0.2) is 5.91 Å². The Balaban J connectivity index is 2.35. The van der Waals surface area contributed by atoms with Crippen LogP contribution in [0, 0.1) is 0 Å². The van der Waals surface area contributed by atoms with Gasteiger partial charge in [0.2, 0.25) is 5.91 Å². The first-order valence-electron chi connectivity index (χ1n) is 4.22. The summed E-state index contributed by atoms with van der Waals surface area (Å²) in [5.74, 6) is 0.635. The Kier molecular flexibility index (Phi) is 3.31. The molecule has 1 heterocycles. The molecule has 0 aromatic carbocycles. The van der Waals surface area contributed by atoms with Crippen molar-refractivity contribution >= 4 is 5.91 Å². The van der Waals surface area contributed by atoms with Gasteiger partial charge in [-0.15, -0.1) is 0 Å². The molecule has 0 aliphatic heterocycles. The third-order valence-electron chi connectivity index (χ3n) is 1.75. The molecule has 3 nitrogen and oxygen atoms in total. The molecule has 0 atom stereocenters. The summed E-state index contributed by atoms with van der Waals surface area (Å²) in [6.07, 6.45) is 2.25. The van der Waals surface area contributed by atoms with Crippen molar-refractivity contribution in [1.29, 1.82) is 0 Å². The van der Waals surface area contributed by atoms with Gasteiger partial charge in [0.1, 0.15) is 5.76 Å². The van der Waals surface area contributed by atoms with Crippen molar-refractivity contribution < 1.29 is 9.21 Å². The second-order valence-corrected chi connectivity index (χ2v) is 2.72. The van der Waals surface area contributed by atoms with Gasteiger partial charge < -0.3 is 9.73 Å². The molecule has 0 aliphatic rings. The highest BCUT2D eigenvalue weighted by Gasteiger charge is 2.04. The average molecular weight is 179 g/mol. The lowest BCUT2D eigenvalue weighted by molar-refractivity contribution is -0.117. The van der Waals surface area contributed by atoms with Crippen molar-refractivity contribution in [2.45, 2.75) is 19.9 Å². The van der Waals surface area contributed by atoms with Gasteiger partial charge in [0.25, 0.3) is 0 Å². The number of nitrogens with one attached hydrogen (secondary N) is 1. The number of rotatable bonds is 4. The van der Waals surface area contributed by atoms with Gasteiger partial charge in [-0.3, -0.25) is 4.79 Å². The monoisotopic (exact) mass is 179 g/mol. The van der Waals surface area contributed by atoms with Crippen molar-refractivity contribution in [2.24, 2.45) is 0 Å². The van der Waals surface area contributed by atoms with Crippen molar-refractivity contribution in [3.63, 3.8) is 0 Å². The van der Waals surface area contributed by atoms with Crippen LogP contribution in [0.15, 0.2) is 35.0 Å². The van der Waals surface area contributed by atoms with Crippen molar-refractivity contribution in [3.8, 4) is 0 Å². The Morgan fingerprint density at radius 1 is 1.69 bits per heavy atom. The summed E-state index contributed by atoms with van der Waals surface area (Å²) in [4.78, 5) is 11.2. The molecule has 0 unspecified atom stereocenters. The van der Waals surface area contributed by atoms with Crippen LogP contribution in [-0.2, 0) is 11.3 Å². The van der Waals surface area contributed by atoms with Gasteiger partial charge in [-0.2, -0.15) is 0 Å². The maximum atomic E-state index is 11.2. The molecule has 0 saturated carbocycles. The zero-order valence-electron chi connectivity index (χ0n) is 7.67. The number of furan rings is 1. The van der Waals surface area contributed by atoms with E-state index in [0.717, 1.165) is 5.76 Å². The maximum Gasteiger partial charge on any atom is 0.246 e. The van der Waals surface area contributed by atoms with Crippen LogP contribution in [0.25, 0.3) is 0 Å². The molecule has 13 heavy (non-hydrogen) atoms. The SMILES string of the molecule is C=C(CC)C(=O)NCc1ccco1. The molecule has 0 bridgehead atoms. The first-order chi connectivity index (χ1) is 6.24. The molecule has 1 N–H and O–H groups in total. The quantitative estimate of drug-likeness (QED) is 0.717. The standard InChI is InChI=1S/C10H13NO2/c1-3-8(2)10(12)11-7-9-5-4-6-13-9/h4-6H,2-3,7H2,1H3,(H,11,12). The summed E-state index contributed by atoms with van der Waals surface area (Å²) in [5, 5.41) is 2.70. The normalized spacial score (nSPS) is 9.62. The largest absolute Gasteiger partial charge is 0.467 e. The molecular weight excluding hydrogens is 166 g/mol. The first kappa shape index (κ1) is 9.58. The molecule has 1 aromatic heterocycles. The highest BCUT2D eigenvalue weighted by Crippen LogP contribution is 2.00. The predicted octanol–water partition coefficient (Wildman–Crippen LogP) is 1.86. The number of carbonyl (C=O) groups is 1. The van der Waals surface area contributed by atoms with E-state index in [9.17, 15) is 4.79 Å². The Hall–Kier alpha value is -1.51. The van der Waals surface area contributed by atoms with E-state index >= 15 is 0 Å². The fourth-order valence-electron chi connectivity index (χ4n) is 0.866. The molecule has 0 saturated heterocycles. The summed E-state index contributed by atoms with van der Waals surface area (Å²) in [6, 6.07) is 3.60. The van der Waals surface area contributed by atoms with Crippen LogP contribution in [0.2, 0.25) is 0 Å². The minimum Gasteiger partial charge on any atom is -0.467 e. The lowest BCUT2D eigenvalue weighted by Gasteiger charge is -2.03. The molecule has 70 valence electrons. The number of amides is 1. The minimum atomic E-state index is -0.112. The fraction of sp³-hybridized carbons (Fsp3) is 0.300. The van der Waals surface area contributed by atoms with Crippen LogP contribution < -0.4 is 5.32 Å². The minimum absolute atomic E-state index is 0.112. The van der Waals surface area contributed by atoms with E-state index in [2.05, 4.69) is 11.9 Å². The Morgan fingerprint density at radius 3 is 3.00 bits per heavy atom. The zero-order chi connectivity index (χ0) is 9.68. The van der Waals surface area contributed by atoms with Crippen LogP contribution in [0.1, 0.15) is 19.1 Å². The lowest BCUT2D eigenvalue weighted by atomic mass is 10.2. The Bertz CT molecular complexity index is 288. The Morgan fingerprint density at radius 2 is 2.46 bits per heavy atom. The van der Waals surface area contributed by atoms with E-state index in [4.69, 9.17) is 4.42 Å². The smallest absolute Gasteiger partial charge is 0.246 e. The van der Waals surface area contributed by atoms with Gasteiger partial charge in [-0.25, -0.2) is 0 Å². The van der Waals surface area contributed by atoms with Crippen molar-refractivity contribution in [3.05, 3.63) is 36.3 Å². The predicted molar refractivity (Wildman–Crippen MR) is 50.0 cm³/mol. The third-order valence-corrected chi connectivity index (χ3v) is 1.75. The molecule has 0 spiro atoms. The number of hydrogen-bond acceptors (Lipinski definition) is 2. The summed E-state index contributed by atoms with van der Waals surface area (Å²) in [7, 11) is 0. The summed E-state index contributed by atoms with van der Waals surface area (Å²) in [6.45, 7) is 5.95. The molecule has 1 aromatic rings. The van der Waals surface area contributed by atoms with Gasteiger partial charge in [0.05, 0.1) is 12.8 Å². The number of hydrogen-bond donors (Lipinski definition) is 1. The van der Waals surface area contributed by atoms with Gasteiger partial charge >= 0.3 is 0 Å². The molecule has 1 amide bonds. The highest BCUT2D eigenvalue weighted by atomic mass is 16.3. The molecule has 0 radical (unpaired) electrons. The van der Waals surface area contributed by atoms with Crippen molar-refractivity contribution in [2.75, 3.05) is 0 Å². The van der Waals surface area contributed by atoms with Crippen LogP contribution in [0.5, 0.6) is 0 Å². The van der Waals surface area contributed by atoms with E-state index < -0.39 is 0 Å².